The first-order valence-electron chi connectivity index (χ1n) is 8.50. The van der Waals surface area contributed by atoms with Gasteiger partial charge < -0.3 is 14.2 Å². The number of rotatable bonds is 8. The number of hydrogen-bond donors (Lipinski definition) is 0. The van der Waals surface area contributed by atoms with Crippen LogP contribution in [0.2, 0.25) is 0 Å². The van der Waals surface area contributed by atoms with Crippen molar-refractivity contribution in [1.29, 1.82) is 0 Å². The largest absolute Gasteiger partial charge is 0.486 e. The monoisotopic (exact) mass is 379 g/mol. The molecule has 0 unspecified atom stereocenters. The highest BCUT2D eigenvalue weighted by Gasteiger charge is 2.24. The zero-order valence-corrected chi connectivity index (χ0v) is 15.1. The standard InChI is InChI=1S/C22H18FNO4/c1-3-10-26-19-9-8-15(13-20(19)27-11-4-2)12-18-22(25)28-21(24-18)16-6-5-7-17(23)14-16/h3-9,12-14H,1-2,10-11H2. The fraction of sp³-hybridized carbons (Fsp3) is 0.0909. The number of carbonyl (C=O) groups excluding carboxylic acids is 1. The van der Waals surface area contributed by atoms with E-state index in [9.17, 15) is 9.18 Å². The molecule has 0 fully saturated rings. The Morgan fingerprint density at radius 2 is 1.79 bits per heavy atom. The number of halogens is 1. The van der Waals surface area contributed by atoms with Crippen molar-refractivity contribution in [3.05, 3.63) is 90.4 Å². The number of carbonyl (C=O) groups is 1. The SMILES string of the molecule is C=CCOc1ccc(C=C2N=C(c3cccc(F)c3)OC2=O)cc1OCC=C. The molecule has 0 spiro atoms. The first kappa shape index (κ1) is 19.1. The summed E-state index contributed by atoms with van der Waals surface area (Å²) in [5.74, 6) is 0.0519. The Hall–Kier alpha value is -3.67. The molecule has 1 heterocycles. The van der Waals surface area contributed by atoms with Crippen molar-refractivity contribution < 1.29 is 23.4 Å². The molecule has 0 N–H and O–H groups in total. The van der Waals surface area contributed by atoms with E-state index in [0.29, 0.717) is 35.8 Å². The number of cyclic esters (lactones) is 1. The van der Waals surface area contributed by atoms with E-state index >= 15 is 0 Å². The predicted molar refractivity (Wildman–Crippen MR) is 105 cm³/mol. The average molecular weight is 379 g/mol. The van der Waals surface area contributed by atoms with E-state index in [-0.39, 0.29) is 11.6 Å². The van der Waals surface area contributed by atoms with Gasteiger partial charge in [0, 0.05) is 5.56 Å². The van der Waals surface area contributed by atoms with E-state index in [0.717, 1.165) is 0 Å². The van der Waals surface area contributed by atoms with Crippen LogP contribution in [-0.4, -0.2) is 25.1 Å². The maximum Gasteiger partial charge on any atom is 0.363 e. The van der Waals surface area contributed by atoms with Gasteiger partial charge in [-0.3, -0.25) is 0 Å². The van der Waals surface area contributed by atoms with Crippen molar-refractivity contribution in [2.24, 2.45) is 4.99 Å². The van der Waals surface area contributed by atoms with Crippen LogP contribution in [-0.2, 0) is 9.53 Å². The molecule has 0 atom stereocenters. The van der Waals surface area contributed by atoms with Crippen molar-refractivity contribution in [3.8, 4) is 11.5 Å². The fourth-order valence-electron chi connectivity index (χ4n) is 2.46. The van der Waals surface area contributed by atoms with Crippen molar-refractivity contribution in [1.82, 2.24) is 0 Å². The second-order valence-electron chi connectivity index (χ2n) is 5.75. The first-order valence-corrected chi connectivity index (χ1v) is 8.50. The number of ether oxygens (including phenoxy) is 3. The molecule has 0 amide bonds. The van der Waals surface area contributed by atoms with Crippen molar-refractivity contribution in [3.63, 3.8) is 0 Å². The minimum Gasteiger partial charge on any atom is -0.486 e. The zero-order valence-electron chi connectivity index (χ0n) is 15.1. The van der Waals surface area contributed by atoms with Crippen molar-refractivity contribution >= 4 is 17.9 Å². The van der Waals surface area contributed by atoms with Crippen LogP contribution in [0.5, 0.6) is 11.5 Å². The van der Waals surface area contributed by atoms with Gasteiger partial charge in [-0.05, 0) is 42.0 Å². The molecule has 28 heavy (non-hydrogen) atoms. The predicted octanol–water partition coefficient (Wildman–Crippen LogP) is 4.30. The Morgan fingerprint density at radius 1 is 1.04 bits per heavy atom. The van der Waals surface area contributed by atoms with Crippen LogP contribution >= 0.6 is 0 Å². The van der Waals surface area contributed by atoms with Gasteiger partial charge in [0.15, 0.2) is 17.2 Å². The van der Waals surface area contributed by atoms with E-state index in [1.807, 2.05) is 0 Å². The quantitative estimate of drug-likeness (QED) is 0.390. The van der Waals surface area contributed by atoms with Crippen LogP contribution in [0.25, 0.3) is 6.08 Å². The van der Waals surface area contributed by atoms with Gasteiger partial charge in [-0.15, -0.1) is 0 Å². The van der Waals surface area contributed by atoms with Gasteiger partial charge in [0.2, 0.25) is 5.90 Å². The first-order chi connectivity index (χ1) is 13.6. The van der Waals surface area contributed by atoms with Crippen LogP contribution in [0.4, 0.5) is 4.39 Å². The summed E-state index contributed by atoms with van der Waals surface area (Å²) in [5.41, 5.74) is 1.16. The summed E-state index contributed by atoms with van der Waals surface area (Å²) in [7, 11) is 0. The summed E-state index contributed by atoms with van der Waals surface area (Å²) in [6.07, 6.45) is 4.81. The maximum atomic E-state index is 13.4. The molecule has 0 aromatic heterocycles. The molecule has 0 saturated heterocycles. The highest BCUT2D eigenvalue weighted by Crippen LogP contribution is 2.30. The third-order valence-corrected chi connectivity index (χ3v) is 3.68. The van der Waals surface area contributed by atoms with Gasteiger partial charge in [-0.1, -0.05) is 37.4 Å². The molecule has 142 valence electrons. The molecule has 0 bridgehead atoms. The van der Waals surface area contributed by atoms with Gasteiger partial charge in [0.05, 0.1) is 0 Å². The Kier molecular flexibility index (Phi) is 6.01. The lowest BCUT2D eigenvalue weighted by atomic mass is 10.1. The summed E-state index contributed by atoms with van der Waals surface area (Å²) in [6.45, 7) is 7.88. The lowest BCUT2D eigenvalue weighted by molar-refractivity contribution is -0.129. The molecular formula is C22H18FNO4. The van der Waals surface area contributed by atoms with Crippen LogP contribution < -0.4 is 9.47 Å². The van der Waals surface area contributed by atoms with Crippen LogP contribution in [0.15, 0.2) is 78.5 Å². The van der Waals surface area contributed by atoms with E-state index < -0.39 is 11.8 Å². The second kappa shape index (κ2) is 8.81. The molecule has 0 aliphatic carbocycles. The normalized spacial score (nSPS) is 14.4. The molecule has 2 aromatic carbocycles. The molecule has 6 heteroatoms. The van der Waals surface area contributed by atoms with Crippen molar-refractivity contribution in [2.75, 3.05) is 13.2 Å². The van der Waals surface area contributed by atoms with Crippen LogP contribution in [0, 0.1) is 5.82 Å². The van der Waals surface area contributed by atoms with E-state index in [1.165, 1.54) is 18.2 Å². The Balaban J connectivity index is 1.90. The van der Waals surface area contributed by atoms with Gasteiger partial charge in [-0.2, -0.15) is 0 Å². The molecule has 3 rings (SSSR count). The minimum atomic E-state index is -0.611. The average Bonchev–Trinajstić information content (AvgIpc) is 3.06. The lowest BCUT2D eigenvalue weighted by Crippen LogP contribution is -2.05. The molecule has 0 radical (unpaired) electrons. The molecule has 1 aliphatic heterocycles. The molecular weight excluding hydrogens is 361 g/mol. The maximum absolute atomic E-state index is 13.4. The molecule has 5 nitrogen and oxygen atoms in total. The van der Waals surface area contributed by atoms with E-state index in [2.05, 4.69) is 18.2 Å². The number of aliphatic imine (C=N–C) groups is 1. The third-order valence-electron chi connectivity index (χ3n) is 3.68. The van der Waals surface area contributed by atoms with Gasteiger partial charge >= 0.3 is 5.97 Å². The number of hydrogen-bond acceptors (Lipinski definition) is 5. The Morgan fingerprint density at radius 3 is 2.50 bits per heavy atom. The summed E-state index contributed by atoms with van der Waals surface area (Å²) in [4.78, 5) is 16.3. The Bertz CT molecular complexity index is 978. The van der Waals surface area contributed by atoms with Crippen LogP contribution in [0.1, 0.15) is 11.1 Å². The van der Waals surface area contributed by atoms with Gasteiger partial charge in [0.1, 0.15) is 19.0 Å². The minimum absolute atomic E-state index is 0.0600. The highest BCUT2D eigenvalue weighted by molar-refractivity contribution is 6.12. The van der Waals surface area contributed by atoms with Gasteiger partial charge in [-0.25, -0.2) is 14.2 Å². The number of benzene rings is 2. The summed E-state index contributed by atoms with van der Waals surface area (Å²) < 4.78 is 29.7. The summed E-state index contributed by atoms with van der Waals surface area (Å²) in [5, 5.41) is 0. The summed E-state index contributed by atoms with van der Waals surface area (Å²) in [6, 6.07) is 10.9. The number of esters is 1. The second-order valence-corrected chi connectivity index (χ2v) is 5.75. The van der Waals surface area contributed by atoms with E-state index in [1.54, 1.807) is 42.5 Å². The van der Waals surface area contributed by atoms with E-state index in [4.69, 9.17) is 14.2 Å². The van der Waals surface area contributed by atoms with Crippen molar-refractivity contribution in [2.45, 2.75) is 0 Å². The highest BCUT2D eigenvalue weighted by atomic mass is 19.1. The Labute approximate surface area is 162 Å². The van der Waals surface area contributed by atoms with Crippen LogP contribution in [0.3, 0.4) is 0 Å². The molecule has 0 saturated carbocycles. The summed E-state index contributed by atoms with van der Waals surface area (Å²) >= 11 is 0. The number of nitrogens with zero attached hydrogens (tertiary/aromatic N) is 1. The van der Waals surface area contributed by atoms with Gasteiger partial charge in [0.25, 0.3) is 0 Å². The zero-order chi connectivity index (χ0) is 19.9. The third kappa shape index (κ3) is 4.54. The topological polar surface area (TPSA) is 57.1 Å². The lowest BCUT2D eigenvalue weighted by Gasteiger charge is -2.11. The molecule has 1 aliphatic rings. The molecule has 2 aromatic rings. The smallest absolute Gasteiger partial charge is 0.363 e. The fourth-order valence-corrected chi connectivity index (χ4v) is 2.46.